The van der Waals surface area contributed by atoms with Crippen LogP contribution in [0.3, 0.4) is 0 Å². The van der Waals surface area contributed by atoms with Crippen LogP contribution < -0.4 is 10.6 Å². The molecule has 0 aliphatic heterocycles. The van der Waals surface area contributed by atoms with Crippen molar-refractivity contribution in [2.75, 3.05) is 25.5 Å². The Kier molecular flexibility index (Phi) is 3.81. The van der Waals surface area contributed by atoms with E-state index in [0.29, 0.717) is 12.3 Å². The minimum Gasteiger partial charge on any atom is -0.508 e. The van der Waals surface area contributed by atoms with Crippen molar-refractivity contribution in [2.45, 2.75) is 37.5 Å². The molecular formula is C15H24N2O. The van der Waals surface area contributed by atoms with Crippen LogP contribution in [-0.2, 0) is 5.41 Å². The SMILES string of the molecule is CN(C)c1ccc(O)c(C2(CN)CCCCC2)c1. The molecule has 1 aromatic rings. The van der Waals surface area contributed by atoms with Crippen LogP contribution >= 0.6 is 0 Å². The van der Waals surface area contributed by atoms with E-state index in [4.69, 9.17) is 5.73 Å². The Morgan fingerprint density at radius 3 is 2.44 bits per heavy atom. The van der Waals surface area contributed by atoms with E-state index in [-0.39, 0.29) is 5.41 Å². The van der Waals surface area contributed by atoms with Crippen LogP contribution in [0.1, 0.15) is 37.7 Å². The summed E-state index contributed by atoms with van der Waals surface area (Å²) in [5.41, 5.74) is 8.19. The van der Waals surface area contributed by atoms with Crippen LogP contribution in [0.25, 0.3) is 0 Å². The molecule has 3 N–H and O–H groups in total. The van der Waals surface area contributed by atoms with Crippen LogP contribution in [0.4, 0.5) is 5.69 Å². The number of nitrogens with two attached hydrogens (primary N) is 1. The summed E-state index contributed by atoms with van der Waals surface area (Å²) in [7, 11) is 4.04. The van der Waals surface area contributed by atoms with E-state index >= 15 is 0 Å². The number of phenols is 1. The monoisotopic (exact) mass is 248 g/mol. The van der Waals surface area contributed by atoms with Crippen molar-refractivity contribution in [1.29, 1.82) is 0 Å². The van der Waals surface area contributed by atoms with Crippen molar-refractivity contribution in [2.24, 2.45) is 5.73 Å². The van der Waals surface area contributed by atoms with Gasteiger partial charge in [-0.1, -0.05) is 19.3 Å². The number of hydrogen-bond acceptors (Lipinski definition) is 3. The molecular weight excluding hydrogens is 224 g/mol. The lowest BCUT2D eigenvalue weighted by Crippen LogP contribution is -2.37. The van der Waals surface area contributed by atoms with E-state index in [1.807, 2.05) is 20.2 Å². The Bertz CT molecular complexity index is 409. The second-order valence-electron chi connectivity index (χ2n) is 5.64. The second kappa shape index (κ2) is 5.19. The largest absolute Gasteiger partial charge is 0.508 e. The molecule has 0 spiro atoms. The van der Waals surface area contributed by atoms with Crippen LogP contribution in [0.2, 0.25) is 0 Å². The summed E-state index contributed by atoms with van der Waals surface area (Å²) in [6.45, 7) is 0.622. The van der Waals surface area contributed by atoms with Gasteiger partial charge in [0.2, 0.25) is 0 Å². The van der Waals surface area contributed by atoms with Gasteiger partial charge in [-0.05, 0) is 31.0 Å². The topological polar surface area (TPSA) is 49.5 Å². The Morgan fingerprint density at radius 2 is 1.89 bits per heavy atom. The highest BCUT2D eigenvalue weighted by Gasteiger charge is 2.34. The number of benzene rings is 1. The zero-order valence-electron chi connectivity index (χ0n) is 11.4. The van der Waals surface area contributed by atoms with Crippen LogP contribution in [-0.4, -0.2) is 25.7 Å². The molecule has 100 valence electrons. The van der Waals surface area contributed by atoms with Crippen LogP contribution in [0, 0.1) is 0 Å². The Labute approximate surface area is 110 Å². The standard InChI is InChI=1S/C15H24N2O/c1-17(2)12-6-7-14(18)13(10-12)15(11-16)8-4-3-5-9-15/h6-7,10,18H,3-5,8-9,11,16H2,1-2H3. The fourth-order valence-corrected chi connectivity index (χ4v) is 3.04. The third kappa shape index (κ3) is 2.32. The predicted molar refractivity (Wildman–Crippen MR) is 76.3 cm³/mol. The van der Waals surface area contributed by atoms with Gasteiger partial charge in [-0.3, -0.25) is 0 Å². The van der Waals surface area contributed by atoms with Gasteiger partial charge in [0.25, 0.3) is 0 Å². The van der Waals surface area contributed by atoms with Gasteiger partial charge in [0.15, 0.2) is 0 Å². The average molecular weight is 248 g/mol. The first-order valence-corrected chi connectivity index (χ1v) is 6.80. The lowest BCUT2D eigenvalue weighted by molar-refractivity contribution is 0.291. The number of phenolic OH excluding ortho intramolecular Hbond substituents is 1. The Morgan fingerprint density at radius 1 is 1.22 bits per heavy atom. The third-order valence-electron chi connectivity index (χ3n) is 4.27. The van der Waals surface area contributed by atoms with Crippen molar-refractivity contribution in [3.63, 3.8) is 0 Å². The molecule has 3 heteroatoms. The van der Waals surface area contributed by atoms with Crippen LogP contribution in [0.5, 0.6) is 5.75 Å². The van der Waals surface area contributed by atoms with Crippen molar-refractivity contribution in [3.05, 3.63) is 23.8 Å². The van der Waals surface area contributed by atoms with Gasteiger partial charge >= 0.3 is 0 Å². The zero-order valence-corrected chi connectivity index (χ0v) is 11.4. The van der Waals surface area contributed by atoms with Crippen LogP contribution in [0.15, 0.2) is 18.2 Å². The van der Waals surface area contributed by atoms with Crippen molar-refractivity contribution in [3.8, 4) is 5.75 Å². The van der Waals surface area contributed by atoms with Gasteiger partial charge in [-0.25, -0.2) is 0 Å². The smallest absolute Gasteiger partial charge is 0.119 e. The van der Waals surface area contributed by atoms with Gasteiger partial charge in [0.05, 0.1) is 0 Å². The minimum atomic E-state index is -0.0195. The molecule has 0 heterocycles. The van der Waals surface area contributed by atoms with Gasteiger partial charge in [0.1, 0.15) is 5.75 Å². The number of aromatic hydroxyl groups is 1. The normalized spacial score (nSPS) is 18.6. The van der Waals surface area contributed by atoms with E-state index in [0.717, 1.165) is 24.1 Å². The zero-order chi connectivity index (χ0) is 13.2. The van der Waals surface area contributed by atoms with E-state index in [1.54, 1.807) is 6.07 Å². The number of rotatable bonds is 3. The first-order valence-electron chi connectivity index (χ1n) is 6.80. The molecule has 0 atom stereocenters. The van der Waals surface area contributed by atoms with Gasteiger partial charge < -0.3 is 15.7 Å². The fraction of sp³-hybridized carbons (Fsp3) is 0.600. The van der Waals surface area contributed by atoms with Crippen molar-refractivity contribution >= 4 is 5.69 Å². The number of nitrogens with zero attached hydrogens (tertiary/aromatic N) is 1. The molecule has 1 aliphatic rings. The number of anilines is 1. The lowest BCUT2D eigenvalue weighted by atomic mass is 9.69. The molecule has 1 aromatic carbocycles. The molecule has 0 radical (unpaired) electrons. The maximum atomic E-state index is 10.2. The molecule has 2 rings (SSSR count). The fourth-order valence-electron chi connectivity index (χ4n) is 3.04. The van der Waals surface area contributed by atoms with E-state index in [1.165, 1.54) is 19.3 Å². The average Bonchev–Trinajstić information content (AvgIpc) is 2.39. The quantitative estimate of drug-likeness (QED) is 0.864. The highest BCUT2D eigenvalue weighted by molar-refractivity contribution is 5.54. The Balaban J connectivity index is 2.43. The van der Waals surface area contributed by atoms with Gasteiger partial charge in [0, 0.05) is 37.3 Å². The van der Waals surface area contributed by atoms with E-state index < -0.39 is 0 Å². The predicted octanol–water partition coefficient (Wildman–Crippen LogP) is 2.62. The molecule has 0 bridgehead atoms. The molecule has 3 nitrogen and oxygen atoms in total. The summed E-state index contributed by atoms with van der Waals surface area (Å²) in [5, 5.41) is 10.2. The highest BCUT2D eigenvalue weighted by Crippen LogP contribution is 2.43. The maximum absolute atomic E-state index is 10.2. The van der Waals surface area contributed by atoms with Gasteiger partial charge in [-0.2, -0.15) is 0 Å². The summed E-state index contributed by atoms with van der Waals surface area (Å²) >= 11 is 0. The molecule has 0 saturated heterocycles. The highest BCUT2D eigenvalue weighted by atomic mass is 16.3. The molecule has 0 amide bonds. The van der Waals surface area contributed by atoms with E-state index in [2.05, 4.69) is 11.0 Å². The van der Waals surface area contributed by atoms with Crippen molar-refractivity contribution in [1.82, 2.24) is 0 Å². The maximum Gasteiger partial charge on any atom is 0.119 e. The molecule has 1 aliphatic carbocycles. The Hall–Kier alpha value is -1.22. The first-order chi connectivity index (χ1) is 8.59. The molecule has 1 saturated carbocycles. The first kappa shape index (κ1) is 13.2. The molecule has 0 aromatic heterocycles. The van der Waals surface area contributed by atoms with E-state index in [9.17, 15) is 5.11 Å². The molecule has 18 heavy (non-hydrogen) atoms. The summed E-state index contributed by atoms with van der Waals surface area (Å²) in [4.78, 5) is 2.07. The second-order valence-corrected chi connectivity index (χ2v) is 5.64. The molecule has 1 fully saturated rings. The lowest BCUT2D eigenvalue weighted by Gasteiger charge is -2.37. The van der Waals surface area contributed by atoms with Gasteiger partial charge in [-0.15, -0.1) is 0 Å². The summed E-state index contributed by atoms with van der Waals surface area (Å²) < 4.78 is 0. The number of hydrogen-bond donors (Lipinski definition) is 2. The summed E-state index contributed by atoms with van der Waals surface area (Å²) in [6, 6.07) is 5.86. The summed E-state index contributed by atoms with van der Waals surface area (Å²) in [6.07, 6.45) is 5.89. The molecule has 0 unspecified atom stereocenters. The minimum absolute atomic E-state index is 0.0195. The third-order valence-corrected chi connectivity index (χ3v) is 4.27. The van der Waals surface area contributed by atoms with Crippen molar-refractivity contribution < 1.29 is 5.11 Å². The summed E-state index contributed by atoms with van der Waals surface area (Å²) in [5.74, 6) is 0.396.